The van der Waals surface area contributed by atoms with Crippen molar-refractivity contribution < 1.29 is 9.53 Å². The number of nitrogens with zero attached hydrogens (tertiary/aromatic N) is 6. The number of rotatable bonds is 8. The number of likely N-dealkylation sites (tertiary alicyclic amines) is 2. The Balaban J connectivity index is 1.15. The Labute approximate surface area is 239 Å². The molecular formula is C31H45N7O2. The summed E-state index contributed by atoms with van der Waals surface area (Å²) in [6, 6.07) is 9.62. The molecule has 0 bridgehead atoms. The van der Waals surface area contributed by atoms with E-state index in [4.69, 9.17) is 4.74 Å². The molecule has 2 aromatic rings. The number of piperidine rings is 2. The highest BCUT2D eigenvalue weighted by molar-refractivity contribution is 5.94. The molecular weight excluding hydrogens is 502 g/mol. The lowest BCUT2D eigenvalue weighted by Crippen LogP contribution is -2.55. The largest absolute Gasteiger partial charge is 0.383 e. The van der Waals surface area contributed by atoms with Gasteiger partial charge < -0.3 is 15.0 Å². The summed E-state index contributed by atoms with van der Waals surface area (Å²) in [5.41, 5.74) is 3.92. The van der Waals surface area contributed by atoms with E-state index in [1.165, 1.54) is 17.5 Å². The van der Waals surface area contributed by atoms with Crippen molar-refractivity contribution in [2.24, 2.45) is 11.0 Å². The van der Waals surface area contributed by atoms with Crippen LogP contribution in [-0.4, -0.2) is 95.4 Å². The Morgan fingerprint density at radius 3 is 2.52 bits per heavy atom. The van der Waals surface area contributed by atoms with Crippen LogP contribution in [0.4, 0.5) is 5.82 Å². The summed E-state index contributed by atoms with van der Waals surface area (Å²) in [6.45, 7) is 14.4. The monoisotopic (exact) mass is 547 g/mol. The van der Waals surface area contributed by atoms with E-state index in [1.54, 1.807) is 7.11 Å². The highest BCUT2D eigenvalue weighted by Gasteiger charge is 2.39. The summed E-state index contributed by atoms with van der Waals surface area (Å²) in [5.74, 6) is 1.26. The van der Waals surface area contributed by atoms with Crippen molar-refractivity contribution in [3.05, 3.63) is 53.0 Å². The third kappa shape index (κ3) is 6.31. The number of amides is 1. The van der Waals surface area contributed by atoms with E-state index in [0.717, 1.165) is 57.5 Å². The minimum absolute atomic E-state index is 0.00423. The third-order valence-corrected chi connectivity index (χ3v) is 8.81. The molecule has 5 rings (SSSR count). The van der Waals surface area contributed by atoms with Gasteiger partial charge in [0, 0.05) is 57.0 Å². The Hall–Kier alpha value is -3.04. The van der Waals surface area contributed by atoms with Gasteiger partial charge in [0.05, 0.1) is 19.2 Å². The number of hydrazone groups is 1. The topological polar surface area (TPSA) is 86.2 Å². The Morgan fingerprint density at radius 2 is 1.82 bits per heavy atom. The molecule has 1 aromatic carbocycles. The summed E-state index contributed by atoms with van der Waals surface area (Å²) in [5, 5.41) is 10.3. The number of nitrogens with one attached hydrogen (secondary N) is 1. The van der Waals surface area contributed by atoms with Crippen LogP contribution in [0, 0.1) is 12.8 Å². The van der Waals surface area contributed by atoms with Crippen LogP contribution >= 0.6 is 0 Å². The van der Waals surface area contributed by atoms with Crippen molar-refractivity contribution in [3.8, 4) is 0 Å². The molecule has 2 fully saturated rings. The first-order valence-corrected chi connectivity index (χ1v) is 14.7. The average molecular weight is 548 g/mol. The Kier molecular flexibility index (Phi) is 8.71. The van der Waals surface area contributed by atoms with Crippen molar-refractivity contribution >= 4 is 17.9 Å². The van der Waals surface area contributed by atoms with Gasteiger partial charge in [0.1, 0.15) is 17.8 Å². The number of hydrogen-bond acceptors (Lipinski definition) is 8. The van der Waals surface area contributed by atoms with Gasteiger partial charge in [0.2, 0.25) is 0 Å². The molecule has 4 heterocycles. The maximum atomic E-state index is 13.5. The summed E-state index contributed by atoms with van der Waals surface area (Å²) < 4.78 is 5.28. The molecule has 1 N–H and O–H groups in total. The average Bonchev–Trinajstić information content (AvgIpc) is 3.37. The van der Waals surface area contributed by atoms with Gasteiger partial charge in [-0.3, -0.25) is 14.7 Å². The van der Waals surface area contributed by atoms with Gasteiger partial charge in [0.15, 0.2) is 0 Å². The van der Waals surface area contributed by atoms with Crippen LogP contribution < -0.4 is 5.32 Å². The number of benzene rings is 1. The molecule has 2 unspecified atom stereocenters. The van der Waals surface area contributed by atoms with Crippen LogP contribution in [0.5, 0.6) is 0 Å². The minimum Gasteiger partial charge on any atom is -0.383 e. The summed E-state index contributed by atoms with van der Waals surface area (Å²) in [4.78, 5) is 27.0. The van der Waals surface area contributed by atoms with E-state index in [1.807, 2.05) is 11.8 Å². The van der Waals surface area contributed by atoms with E-state index >= 15 is 0 Å². The van der Waals surface area contributed by atoms with E-state index in [9.17, 15) is 4.79 Å². The van der Waals surface area contributed by atoms with Crippen LogP contribution in [0.25, 0.3) is 0 Å². The van der Waals surface area contributed by atoms with Gasteiger partial charge >= 0.3 is 0 Å². The zero-order chi connectivity index (χ0) is 28.3. The van der Waals surface area contributed by atoms with Gasteiger partial charge in [-0.1, -0.05) is 45.0 Å². The second-order valence-corrected chi connectivity index (χ2v) is 12.5. The van der Waals surface area contributed by atoms with E-state index in [-0.39, 0.29) is 11.3 Å². The molecule has 3 aliphatic heterocycles. The van der Waals surface area contributed by atoms with Gasteiger partial charge in [-0.25, -0.2) is 9.97 Å². The lowest BCUT2D eigenvalue weighted by Gasteiger charge is -2.44. The molecule has 9 nitrogen and oxygen atoms in total. The first-order chi connectivity index (χ1) is 19.2. The fourth-order valence-electron chi connectivity index (χ4n) is 6.20. The van der Waals surface area contributed by atoms with Crippen molar-refractivity contribution in [1.29, 1.82) is 0 Å². The van der Waals surface area contributed by atoms with Gasteiger partial charge in [0.25, 0.3) is 5.91 Å². The number of carbonyl (C=O) groups is 1. The molecule has 0 radical (unpaired) electrons. The number of fused-ring (bicyclic) bond motifs is 1. The van der Waals surface area contributed by atoms with Crippen LogP contribution in [0.2, 0.25) is 0 Å². The molecule has 2 atom stereocenters. The van der Waals surface area contributed by atoms with Crippen molar-refractivity contribution in [2.75, 3.05) is 51.8 Å². The number of methoxy groups -OCH3 is 1. The number of carbonyl (C=O) groups excluding carboxylic acids is 1. The Morgan fingerprint density at radius 1 is 1.07 bits per heavy atom. The highest BCUT2D eigenvalue weighted by atomic mass is 16.5. The third-order valence-electron chi connectivity index (χ3n) is 8.81. The molecule has 0 aliphatic carbocycles. The van der Waals surface area contributed by atoms with Crippen LogP contribution in [0.3, 0.4) is 0 Å². The quantitative estimate of drug-likeness (QED) is 0.536. The predicted octanol–water partition coefficient (Wildman–Crippen LogP) is 3.94. The molecule has 0 spiro atoms. The highest BCUT2D eigenvalue weighted by Crippen LogP contribution is 2.30. The number of ether oxygens (including phenoxy) is 1. The van der Waals surface area contributed by atoms with Gasteiger partial charge in [-0.05, 0) is 49.3 Å². The number of aromatic nitrogens is 2. The van der Waals surface area contributed by atoms with Crippen molar-refractivity contribution in [2.45, 2.75) is 71.0 Å². The number of anilines is 1. The van der Waals surface area contributed by atoms with E-state index < -0.39 is 0 Å². The predicted molar refractivity (Wildman–Crippen MR) is 159 cm³/mol. The second kappa shape index (κ2) is 12.2. The van der Waals surface area contributed by atoms with Crippen molar-refractivity contribution in [1.82, 2.24) is 24.8 Å². The normalized spacial score (nSPS) is 22.0. The summed E-state index contributed by atoms with van der Waals surface area (Å²) >= 11 is 0. The van der Waals surface area contributed by atoms with Crippen molar-refractivity contribution in [3.63, 3.8) is 0 Å². The lowest BCUT2D eigenvalue weighted by molar-refractivity contribution is 0.0308. The van der Waals surface area contributed by atoms with Gasteiger partial charge in [-0.15, -0.1) is 0 Å². The van der Waals surface area contributed by atoms with E-state index in [0.29, 0.717) is 42.7 Å². The molecule has 216 valence electrons. The fourth-order valence-corrected chi connectivity index (χ4v) is 6.20. The first kappa shape index (κ1) is 28.5. The second-order valence-electron chi connectivity index (χ2n) is 12.5. The van der Waals surface area contributed by atoms with E-state index in [2.05, 4.69) is 81.5 Å². The lowest BCUT2D eigenvalue weighted by atomic mass is 9.87. The molecule has 1 amide bonds. The number of hydrogen-bond donors (Lipinski definition) is 1. The molecule has 0 saturated carbocycles. The fraction of sp³-hybridized carbons (Fsp3) is 0.613. The Bertz CT molecular complexity index is 1190. The van der Waals surface area contributed by atoms with Crippen LogP contribution in [-0.2, 0) is 16.7 Å². The zero-order valence-electron chi connectivity index (χ0n) is 24.8. The van der Waals surface area contributed by atoms with Crippen LogP contribution in [0.15, 0.2) is 35.7 Å². The standard InChI is InChI=1S/C31H45N7O2/c1-22-28(33-21-34-29(22)32-18-23-6-8-25(9-7-23)31(2,3)4)30(39)36-14-11-26(12-15-36)37-13-10-24-19-35-38(16-17-40-5)27(24)20-37/h6-9,19,21,24,26-27H,10-18,20H2,1-5H3,(H,32,33,34). The maximum absolute atomic E-state index is 13.5. The maximum Gasteiger partial charge on any atom is 0.272 e. The molecule has 3 aliphatic rings. The SMILES string of the molecule is COCCN1N=CC2CCN(C3CCN(C(=O)c4ncnc(NCc5ccc(C(C)(C)C)cc5)c4C)CC3)CC21. The molecule has 2 saturated heterocycles. The summed E-state index contributed by atoms with van der Waals surface area (Å²) in [7, 11) is 1.74. The minimum atomic E-state index is 0.00423. The first-order valence-electron chi connectivity index (χ1n) is 14.7. The van der Waals surface area contributed by atoms with Gasteiger partial charge in [-0.2, -0.15) is 5.10 Å². The van der Waals surface area contributed by atoms with Crippen LogP contribution in [0.1, 0.15) is 67.2 Å². The zero-order valence-corrected chi connectivity index (χ0v) is 24.8. The molecule has 9 heteroatoms. The smallest absolute Gasteiger partial charge is 0.272 e. The molecule has 1 aromatic heterocycles. The molecule has 40 heavy (non-hydrogen) atoms. The summed E-state index contributed by atoms with van der Waals surface area (Å²) in [6.07, 6.45) is 6.76.